The van der Waals surface area contributed by atoms with E-state index >= 15 is 0 Å². The van der Waals surface area contributed by atoms with Crippen molar-refractivity contribution in [3.05, 3.63) is 0 Å². The van der Waals surface area contributed by atoms with Gasteiger partial charge in [0.1, 0.15) is 5.60 Å². The van der Waals surface area contributed by atoms with Gasteiger partial charge in [0.25, 0.3) is 0 Å². The molecule has 118 valence electrons. The third kappa shape index (κ3) is 3.43. The third-order valence-corrected chi connectivity index (χ3v) is 4.95. The Kier molecular flexibility index (Phi) is 3.35. The Labute approximate surface area is 103 Å². The summed E-state index contributed by atoms with van der Waals surface area (Å²) in [7, 11) is -19.4. The predicted molar refractivity (Wildman–Crippen MR) is 52.8 cm³/mol. The van der Waals surface area contributed by atoms with Gasteiger partial charge in [0.2, 0.25) is 0 Å². The molecule has 0 amide bonds. The zero-order chi connectivity index (χ0) is 16.2. The fourth-order valence-electron chi connectivity index (χ4n) is 0.784. The SMILES string of the molecule is CC(C)(C)OC(=O)C(F)(S(=O)(=O)F)S(F)(F)(F)(F)F. The monoisotopic (exact) mass is 342 g/mol. The summed E-state index contributed by atoms with van der Waals surface area (Å²) in [6.07, 6.45) is 0. The van der Waals surface area contributed by atoms with Crippen molar-refractivity contribution in [3.63, 3.8) is 0 Å². The minimum Gasteiger partial charge on any atom is -0.456 e. The molecule has 0 spiro atoms. The summed E-state index contributed by atoms with van der Waals surface area (Å²) in [5, 5.41) is 0. The average Bonchev–Trinajstić information content (AvgIpc) is 1.91. The van der Waals surface area contributed by atoms with Crippen molar-refractivity contribution in [1.82, 2.24) is 0 Å². The Morgan fingerprint density at radius 3 is 1.53 bits per heavy atom. The van der Waals surface area contributed by atoms with Crippen LogP contribution in [0.5, 0.6) is 0 Å². The van der Waals surface area contributed by atoms with Gasteiger partial charge in [-0.2, -0.15) is 12.8 Å². The quantitative estimate of drug-likeness (QED) is 0.447. The highest BCUT2D eigenvalue weighted by atomic mass is 32.5. The number of esters is 1. The number of hydrogen-bond acceptors (Lipinski definition) is 4. The van der Waals surface area contributed by atoms with Gasteiger partial charge in [0.15, 0.2) is 0 Å². The lowest BCUT2D eigenvalue weighted by molar-refractivity contribution is -0.160. The fraction of sp³-hybridized carbons (Fsp3) is 0.833. The Bertz CT molecular complexity index is 501. The second-order valence-electron chi connectivity index (χ2n) is 4.44. The van der Waals surface area contributed by atoms with E-state index in [0.29, 0.717) is 0 Å². The number of hydrogen-bond donors (Lipinski definition) is 0. The normalized spacial score (nSPS) is 20.9. The van der Waals surface area contributed by atoms with Crippen molar-refractivity contribution < 1.29 is 45.7 Å². The van der Waals surface area contributed by atoms with Gasteiger partial charge in [-0.1, -0.05) is 19.4 Å². The van der Waals surface area contributed by atoms with Crippen molar-refractivity contribution in [3.8, 4) is 0 Å². The Balaban J connectivity index is 6.29. The van der Waals surface area contributed by atoms with Crippen LogP contribution < -0.4 is 0 Å². The van der Waals surface area contributed by atoms with E-state index in [4.69, 9.17) is 0 Å². The molecule has 0 aliphatic carbocycles. The molecule has 0 fully saturated rings. The van der Waals surface area contributed by atoms with Crippen LogP contribution in [0.3, 0.4) is 0 Å². The van der Waals surface area contributed by atoms with Crippen molar-refractivity contribution >= 4 is 26.4 Å². The highest BCUT2D eigenvalue weighted by molar-refractivity contribution is 8.51. The summed E-state index contributed by atoms with van der Waals surface area (Å²) in [6.45, 7) is 2.50. The summed E-state index contributed by atoms with van der Waals surface area (Å²) >= 11 is 0. The maximum Gasteiger partial charge on any atom is 0.467 e. The molecule has 1 atom stereocenters. The molecule has 0 radical (unpaired) electrons. The number of carbonyl (C=O) groups is 1. The summed E-state index contributed by atoms with van der Waals surface area (Å²) < 4.78 is 104. The molecule has 0 aromatic carbocycles. The van der Waals surface area contributed by atoms with Gasteiger partial charge in [-0.05, 0) is 20.8 Å². The van der Waals surface area contributed by atoms with Crippen molar-refractivity contribution in [2.45, 2.75) is 30.7 Å². The molecule has 13 heteroatoms. The Hall–Kier alpha value is -0.720. The minimum absolute atomic E-state index is 0.835. The largest absolute Gasteiger partial charge is 0.467 e. The molecule has 0 bridgehead atoms. The summed E-state index contributed by atoms with van der Waals surface area (Å²) in [6, 6.07) is 0. The summed E-state index contributed by atoms with van der Waals surface area (Å²) in [5.74, 6) is -3.58. The molecule has 19 heavy (non-hydrogen) atoms. The zero-order valence-corrected chi connectivity index (χ0v) is 11.2. The first-order chi connectivity index (χ1) is 7.62. The maximum absolute atomic E-state index is 13.2. The smallest absolute Gasteiger partial charge is 0.456 e. The van der Waals surface area contributed by atoms with Crippen LogP contribution in [-0.4, -0.2) is 24.3 Å². The van der Waals surface area contributed by atoms with Crippen LogP contribution >= 0.6 is 10.2 Å². The van der Waals surface area contributed by atoms with Gasteiger partial charge in [-0.25, -0.2) is 4.79 Å². The standard InChI is InChI=1S/C6H9F7O4S2/c1-5(2,3)17-4(14)6(7,18(8,15)16)19(9,10,11,12)13/h1-3H3. The van der Waals surface area contributed by atoms with Gasteiger partial charge < -0.3 is 4.74 Å². The fourth-order valence-corrected chi connectivity index (χ4v) is 2.89. The molecule has 0 saturated heterocycles. The molecular weight excluding hydrogens is 333 g/mol. The lowest BCUT2D eigenvalue weighted by Crippen LogP contribution is -2.52. The molecule has 0 aromatic rings. The van der Waals surface area contributed by atoms with Crippen LogP contribution in [0.25, 0.3) is 0 Å². The van der Waals surface area contributed by atoms with Gasteiger partial charge in [-0.3, -0.25) is 0 Å². The highest BCUT2D eigenvalue weighted by Gasteiger charge is 2.92. The molecule has 0 aliphatic heterocycles. The maximum atomic E-state index is 13.2. The van der Waals surface area contributed by atoms with Crippen molar-refractivity contribution in [2.24, 2.45) is 0 Å². The Morgan fingerprint density at radius 2 is 1.37 bits per heavy atom. The van der Waals surface area contributed by atoms with Gasteiger partial charge >= 0.3 is 30.7 Å². The molecule has 0 rings (SSSR count). The van der Waals surface area contributed by atoms with Crippen LogP contribution in [0.1, 0.15) is 20.8 Å². The Morgan fingerprint density at radius 1 is 1.05 bits per heavy atom. The van der Waals surface area contributed by atoms with E-state index in [2.05, 4.69) is 4.74 Å². The lowest BCUT2D eigenvalue weighted by atomic mass is 10.2. The first-order valence-electron chi connectivity index (χ1n) is 4.22. The summed E-state index contributed by atoms with van der Waals surface area (Å²) in [5.41, 5.74) is -1.96. The van der Waals surface area contributed by atoms with E-state index in [9.17, 15) is 40.9 Å². The van der Waals surface area contributed by atoms with Crippen LogP contribution in [0.4, 0.5) is 27.7 Å². The van der Waals surface area contributed by atoms with Crippen molar-refractivity contribution in [2.75, 3.05) is 0 Å². The van der Waals surface area contributed by atoms with Crippen LogP contribution in [0, 0.1) is 0 Å². The van der Waals surface area contributed by atoms with Crippen LogP contribution in [-0.2, 0) is 19.8 Å². The molecule has 4 nitrogen and oxygen atoms in total. The third-order valence-electron chi connectivity index (χ3n) is 1.45. The first kappa shape index (κ1) is 18.3. The van der Waals surface area contributed by atoms with Crippen molar-refractivity contribution in [1.29, 1.82) is 0 Å². The summed E-state index contributed by atoms with van der Waals surface area (Å²) in [4.78, 5) is 10.8. The highest BCUT2D eigenvalue weighted by Crippen LogP contribution is 3.04. The minimum atomic E-state index is -11.7. The van der Waals surface area contributed by atoms with E-state index in [0.717, 1.165) is 20.8 Å². The molecule has 0 saturated carbocycles. The van der Waals surface area contributed by atoms with E-state index in [1.165, 1.54) is 0 Å². The zero-order valence-electron chi connectivity index (χ0n) is 9.60. The second-order valence-corrected chi connectivity index (χ2v) is 8.64. The van der Waals surface area contributed by atoms with Crippen LogP contribution in [0.2, 0.25) is 0 Å². The van der Waals surface area contributed by atoms with Crippen LogP contribution in [0.15, 0.2) is 0 Å². The number of ether oxygens (including phenoxy) is 1. The number of rotatable bonds is 3. The molecule has 0 heterocycles. The molecular formula is C6H9F7O4S2. The predicted octanol–water partition coefficient (Wildman–Crippen LogP) is 3.55. The topological polar surface area (TPSA) is 60.4 Å². The molecule has 0 aliphatic rings. The van der Waals surface area contributed by atoms with E-state index in [-0.39, 0.29) is 0 Å². The lowest BCUT2D eigenvalue weighted by Gasteiger charge is -2.46. The number of halogens is 7. The first-order valence-corrected chi connectivity index (χ1v) is 7.55. The molecule has 1 unspecified atom stereocenters. The van der Waals surface area contributed by atoms with Gasteiger partial charge in [-0.15, -0.1) is 3.89 Å². The molecule has 0 aromatic heterocycles. The van der Waals surface area contributed by atoms with E-state index in [1.54, 1.807) is 0 Å². The second kappa shape index (κ2) is 3.48. The van der Waals surface area contributed by atoms with E-state index < -0.39 is 36.4 Å². The van der Waals surface area contributed by atoms with Gasteiger partial charge in [0, 0.05) is 0 Å². The molecule has 0 N–H and O–H groups in total. The number of alkyl halides is 1. The number of carbonyl (C=O) groups excluding carboxylic acids is 1. The van der Waals surface area contributed by atoms with Gasteiger partial charge in [0.05, 0.1) is 0 Å². The average molecular weight is 342 g/mol. The van der Waals surface area contributed by atoms with E-state index in [1.807, 2.05) is 0 Å².